The van der Waals surface area contributed by atoms with Crippen molar-refractivity contribution in [1.29, 1.82) is 0 Å². The molecule has 0 saturated heterocycles. The van der Waals surface area contributed by atoms with Gasteiger partial charge in [-0.05, 0) is 26.2 Å². The first-order chi connectivity index (χ1) is 8.66. The zero-order valence-electron chi connectivity index (χ0n) is 12.0. The first-order valence-electron chi connectivity index (χ1n) is 7.63. The lowest BCUT2D eigenvalue weighted by atomic mass is 10.0. The number of hydrogen-bond acceptors (Lipinski definition) is 3. The number of aliphatic hydroxyl groups is 3. The van der Waals surface area contributed by atoms with Crippen molar-refractivity contribution >= 4 is 0 Å². The van der Waals surface area contributed by atoms with Crippen LogP contribution in [0.15, 0.2) is 0 Å². The van der Waals surface area contributed by atoms with Gasteiger partial charge in [0.05, 0.1) is 12.2 Å². The minimum Gasteiger partial charge on any atom is -0.396 e. The first-order valence-corrected chi connectivity index (χ1v) is 7.63. The maximum atomic E-state index is 9.56. The Morgan fingerprint density at radius 3 is 1.61 bits per heavy atom. The van der Waals surface area contributed by atoms with Gasteiger partial charge >= 0.3 is 0 Å². The van der Waals surface area contributed by atoms with Crippen molar-refractivity contribution in [1.82, 2.24) is 0 Å². The van der Waals surface area contributed by atoms with Gasteiger partial charge in [0.2, 0.25) is 0 Å². The van der Waals surface area contributed by atoms with Gasteiger partial charge in [-0.2, -0.15) is 0 Å². The van der Waals surface area contributed by atoms with Gasteiger partial charge in [0, 0.05) is 6.61 Å². The summed E-state index contributed by atoms with van der Waals surface area (Å²) in [6.07, 6.45) is 11.3. The number of unbranched alkanes of at least 4 members (excludes halogenated alkanes) is 8. The summed E-state index contributed by atoms with van der Waals surface area (Å²) in [5, 5.41) is 27.3. The predicted molar refractivity (Wildman–Crippen MR) is 75.6 cm³/mol. The fraction of sp³-hybridized carbons (Fsp3) is 1.00. The van der Waals surface area contributed by atoms with Gasteiger partial charge in [0.1, 0.15) is 0 Å². The first kappa shape index (κ1) is 17.9. The highest BCUT2D eigenvalue weighted by Crippen LogP contribution is 2.12. The van der Waals surface area contributed by atoms with Crippen LogP contribution >= 0.6 is 0 Å². The molecule has 0 aromatic carbocycles. The van der Waals surface area contributed by atoms with Crippen LogP contribution in [-0.2, 0) is 0 Å². The van der Waals surface area contributed by atoms with Gasteiger partial charge < -0.3 is 15.3 Å². The SMILES string of the molecule is CC(O)CC(O)CCCCCCCCCCCO. The highest BCUT2D eigenvalue weighted by atomic mass is 16.3. The van der Waals surface area contributed by atoms with E-state index in [2.05, 4.69) is 0 Å². The van der Waals surface area contributed by atoms with E-state index in [1.165, 1.54) is 38.5 Å². The highest BCUT2D eigenvalue weighted by molar-refractivity contribution is 4.60. The largest absolute Gasteiger partial charge is 0.396 e. The van der Waals surface area contributed by atoms with Crippen LogP contribution in [-0.4, -0.2) is 34.1 Å². The normalized spacial score (nSPS) is 14.7. The minimum absolute atomic E-state index is 0.328. The molecule has 0 radical (unpaired) electrons. The van der Waals surface area contributed by atoms with Crippen molar-refractivity contribution in [3.8, 4) is 0 Å². The fourth-order valence-electron chi connectivity index (χ4n) is 2.24. The molecule has 110 valence electrons. The van der Waals surface area contributed by atoms with Crippen LogP contribution in [0.3, 0.4) is 0 Å². The molecule has 0 saturated carbocycles. The molecule has 0 rings (SSSR count). The van der Waals surface area contributed by atoms with E-state index < -0.39 is 0 Å². The molecule has 0 aromatic rings. The Labute approximate surface area is 112 Å². The third kappa shape index (κ3) is 13.9. The maximum Gasteiger partial charge on any atom is 0.0564 e. The van der Waals surface area contributed by atoms with E-state index in [-0.39, 0.29) is 12.2 Å². The Hall–Kier alpha value is -0.120. The van der Waals surface area contributed by atoms with Gasteiger partial charge in [-0.25, -0.2) is 0 Å². The molecular weight excluding hydrogens is 228 g/mol. The van der Waals surface area contributed by atoms with E-state index in [9.17, 15) is 5.11 Å². The lowest BCUT2D eigenvalue weighted by Gasteiger charge is -2.11. The van der Waals surface area contributed by atoms with Gasteiger partial charge in [-0.15, -0.1) is 0 Å². The highest BCUT2D eigenvalue weighted by Gasteiger charge is 2.06. The summed E-state index contributed by atoms with van der Waals surface area (Å²) < 4.78 is 0. The van der Waals surface area contributed by atoms with E-state index in [1.54, 1.807) is 6.92 Å². The molecule has 0 amide bonds. The second-order valence-corrected chi connectivity index (χ2v) is 5.43. The van der Waals surface area contributed by atoms with Crippen molar-refractivity contribution in [3.05, 3.63) is 0 Å². The molecule has 0 aliphatic heterocycles. The lowest BCUT2D eigenvalue weighted by molar-refractivity contribution is 0.0834. The van der Waals surface area contributed by atoms with Crippen molar-refractivity contribution < 1.29 is 15.3 Å². The van der Waals surface area contributed by atoms with E-state index >= 15 is 0 Å². The molecule has 0 heterocycles. The second kappa shape index (κ2) is 13.3. The van der Waals surface area contributed by atoms with E-state index in [4.69, 9.17) is 10.2 Å². The number of aliphatic hydroxyl groups excluding tert-OH is 3. The van der Waals surface area contributed by atoms with Gasteiger partial charge in [-0.1, -0.05) is 51.4 Å². The van der Waals surface area contributed by atoms with Crippen LogP contribution in [0.5, 0.6) is 0 Å². The molecule has 0 bridgehead atoms. The quantitative estimate of drug-likeness (QED) is 0.446. The molecule has 0 spiro atoms. The van der Waals surface area contributed by atoms with Crippen LogP contribution in [0.1, 0.15) is 77.6 Å². The van der Waals surface area contributed by atoms with Crippen molar-refractivity contribution in [2.24, 2.45) is 0 Å². The molecule has 0 fully saturated rings. The van der Waals surface area contributed by atoms with E-state index in [0.717, 1.165) is 25.7 Å². The molecule has 2 atom stereocenters. The average Bonchev–Trinajstić information content (AvgIpc) is 2.30. The molecule has 3 N–H and O–H groups in total. The standard InChI is InChI=1S/C15H32O3/c1-14(17)13-15(18)11-9-7-5-3-2-4-6-8-10-12-16/h14-18H,2-13H2,1H3. The molecule has 3 nitrogen and oxygen atoms in total. The van der Waals surface area contributed by atoms with Crippen molar-refractivity contribution in [2.45, 2.75) is 89.8 Å². The van der Waals surface area contributed by atoms with E-state index in [0.29, 0.717) is 13.0 Å². The van der Waals surface area contributed by atoms with Gasteiger partial charge in [0.25, 0.3) is 0 Å². The molecule has 3 heteroatoms. The Kier molecular flexibility index (Phi) is 13.2. The molecule has 0 aromatic heterocycles. The summed E-state index contributed by atoms with van der Waals surface area (Å²) in [7, 11) is 0. The maximum absolute atomic E-state index is 9.56. The Bertz CT molecular complexity index is 160. The van der Waals surface area contributed by atoms with Gasteiger partial charge in [-0.3, -0.25) is 0 Å². The molecule has 18 heavy (non-hydrogen) atoms. The third-order valence-corrected chi connectivity index (χ3v) is 3.31. The van der Waals surface area contributed by atoms with Crippen LogP contribution in [0.2, 0.25) is 0 Å². The zero-order valence-corrected chi connectivity index (χ0v) is 12.0. The Morgan fingerprint density at radius 2 is 1.17 bits per heavy atom. The predicted octanol–water partition coefficient (Wildman–Crippen LogP) is 3.01. The summed E-state index contributed by atoms with van der Waals surface area (Å²) in [6, 6.07) is 0. The molecule has 0 aliphatic carbocycles. The van der Waals surface area contributed by atoms with Crippen LogP contribution in [0, 0.1) is 0 Å². The zero-order chi connectivity index (χ0) is 13.6. The second-order valence-electron chi connectivity index (χ2n) is 5.43. The summed E-state index contributed by atoms with van der Waals surface area (Å²) in [6.45, 7) is 2.05. The van der Waals surface area contributed by atoms with Crippen LogP contribution in [0.25, 0.3) is 0 Å². The average molecular weight is 260 g/mol. The Morgan fingerprint density at radius 1 is 0.722 bits per heavy atom. The van der Waals surface area contributed by atoms with Crippen molar-refractivity contribution in [3.63, 3.8) is 0 Å². The summed E-state index contributed by atoms with van der Waals surface area (Å²) in [4.78, 5) is 0. The molecule has 0 aliphatic rings. The van der Waals surface area contributed by atoms with Crippen molar-refractivity contribution in [2.75, 3.05) is 6.61 Å². The Balaban J connectivity index is 3.07. The van der Waals surface area contributed by atoms with Gasteiger partial charge in [0.15, 0.2) is 0 Å². The summed E-state index contributed by atoms with van der Waals surface area (Å²) in [5.74, 6) is 0. The lowest BCUT2D eigenvalue weighted by Crippen LogP contribution is -2.14. The van der Waals surface area contributed by atoms with Crippen LogP contribution in [0.4, 0.5) is 0 Å². The molecule has 2 unspecified atom stereocenters. The summed E-state index contributed by atoms with van der Waals surface area (Å²) in [5.41, 5.74) is 0. The monoisotopic (exact) mass is 260 g/mol. The third-order valence-electron chi connectivity index (χ3n) is 3.31. The summed E-state index contributed by atoms with van der Waals surface area (Å²) >= 11 is 0. The minimum atomic E-state index is -0.390. The number of hydrogen-bond donors (Lipinski definition) is 3. The van der Waals surface area contributed by atoms with Crippen LogP contribution < -0.4 is 0 Å². The smallest absolute Gasteiger partial charge is 0.0564 e. The molecular formula is C15H32O3. The van der Waals surface area contributed by atoms with E-state index in [1.807, 2.05) is 0 Å². The number of rotatable bonds is 13. The fourth-order valence-corrected chi connectivity index (χ4v) is 2.24. The topological polar surface area (TPSA) is 60.7 Å².